The van der Waals surface area contributed by atoms with Crippen molar-refractivity contribution in [1.82, 2.24) is 0 Å². The summed E-state index contributed by atoms with van der Waals surface area (Å²) in [5.74, 6) is 1.00. The minimum absolute atomic E-state index is 0.0325. The Morgan fingerprint density at radius 1 is 1.23 bits per heavy atom. The second kappa shape index (κ2) is 7.85. The highest BCUT2D eigenvalue weighted by Crippen LogP contribution is 2.21. The molecule has 0 spiro atoms. The van der Waals surface area contributed by atoms with Crippen LogP contribution in [0.4, 0.5) is 5.69 Å². The third-order valence-electron chi connectivity index (χ3n) is 3.54. The molecule has 116 valence electrons. The van der Waals surface area contributed by atoms with Gasteiger partial charge in [0.15, 0.2) is 6.61 Å². The molecule has 0 fully saturated rings. The second-order valence-corrected chi connectivity index (χ2v) is 5.66. The van der Waals surface area contributed by atoms with E-state index < -0.39 is 0 Å². The van der Waals surface area contributed by atoms with E-state index in [1.54, 1.807) is 24.3 Å². The van der Waals surface area contributed by atoms with E-state index in [-0.39, 0.29) is 12.5 Å². The first-order chi connectivity index (χ1) is 10.6. The number of halogens is 1. The molecule has 0 aliphatic rings. The van der Waals surface area contributed by atoms with E-state index in [0.717, 1.165) is 6.42 Å². The fraction of sp³-hybridized carbons (Fsp3) is 0.278. The van der Waals surface area contributed by atoms with Gasteiger partial charge in [0.25, 0.3) is 5.91 Å². The summed E-state index contributed by atoms with van der Waals surface area (Å²) in [7, 11) is 0. The van der Waals surface area contributed by atoms with Crippen molar-refractivity contribution in [2.45, 2.75) is 26.2 Å². The Morgan fingerprint density at radius 2 is 1.95 bits per heavy atom. The summed E-state index contributed by atoms with van der Waals surface area (Å²) in [6, 6.07) is 14.9. The lowest BCUT2D eigenvalue weighted by atomic mass is 9.99. The molecule has 0 heterocycles. The first-order valence-electron chi connectivity index (χ1n) is 7.36. The zero-order valence-corrected chi connectivity index (χ0v) is 13.6. The topological polar surface area (TPSA) is 38.3 Å². The van der Waals surface area contributed by atoms with E-state index >= 15 is 0 Å². The lowest BCUT2D eigenvalue weighted by Crippen LogP contribution is -2.20. The molecular formula is C18H20ClNO2. The van der Waals surface area contributed by atoms with Crippen molar-refractivity contribution >= 4 is 23.2 Å². The zero-order chi connectivity index (χ0) is 15.9. The Kier molecular flexibility index (Phi) is 5.84. The van der Waals surface area contributed by atoms with E-state index in [9.17, 15) is 4.79 Å². The van der Waals surface area contributed by atoms with Crippen LogP contribution in [-0.4, -0.2) is 12.5 Å². The maximum absolute atomic E-state index is 11.8. The highest BCUT2D eigenvalue weighted by Gasteiger charge is 2.06. The lowest BCUT2D eigenvalue weighted by Gasteiger charge is -2.11. The zero-order valence-electron chi connectivity index (χ0n) is 12.8. The van der Waals surface area contributed by atoms with Gasteiger partial charge < -0.3 is 10.1 Å². The van der Waals surface area contributed by atoms with Crippen LogP contribution in [0.1, 0.15) is 31.7 Å². The Labute approximate surface area is 136 Å². The Hall–Kier alpha value is -2.00. The summed E-state index contributed by atoms with van der Waals surface area (Å²) >= 11 is 5.87. The molecule has 0 radical (unpaired) electrons. The first kappa shape index (κ1) is 16.4. The number of amides is 1. The maximum Gasteiger partial charge on any atom is 0.262 e. The summed E-state index contributed by atoms with van der Waals surface area (Å²) in [5, 5.41) is 3.33. The number of carbonyl (C=O) groups is 1. The number of carbonyl (C=O) groups excluding carboxylic acids is 1. The van der Waals surface area contributed by atoms with Gasteiger partial charge in [-0.3, -0.25) is 4.79 Å². The molecule has 3 nitrogen and oxygen atoms in total. The average Bonchev–Trinajstić information content (AvgIpc) is 2.52. The number of anilines is 1. The van der Waals surface area contributed by atoms with Crippen molar-refractivity contribution in [3.63, 3.8) is 0 Å². The van der Waals surface area contributed by atoms with Crippen LogP contribution < -0.4 is 10.1 Å². The molecule has 2 aromatic carbocycles. The monoisotopic (exact) mass is 317 g/mol. The molecule has 0 aliphatic heterocycles. The van der Waals surface area contributed by atoms with E-state index in [4.69, 9.17) is 16.3 Å². The molecule has 0 saturated heterocycles. The minimum atomic E-state index is -0.215. The van der Waals surface area contributed by atoms with E-state index in [2.05, 4.69) is 19.2 Å². The molecule has 1 atom stereocenters. The fourth-order valence-electron chi connectivity index (χ4n) is 2.04. The number of rotatable bonds is 6. The molecule has 0 bridgehead atoms. The highest BCUT2D eigenvalue weighted by molar-refractivity contribution is 6.30. The van der Waals surface area contributed by atoms with Gasteiger partial charge in [0.1, 0.15) is 5.75 Å². The van der Waals surface area contributed by atoms with Gasteiger partial charge in [0, 0.05) is 10.7 Å². The van der Waals surface area contributed by atoms with Gasteiger partial charge in [0.05, 0.1) is 0 Å². The maximum atomic E-state index is 11.8. The van der Waals surface area contributed by atoms with Crippen molar-refractivity contribution in [2.75, 3.05) is 11.9 Å². The molecule has 1 amide bonds. The number of hydrogen-bond acceptors (Lipinski definition) is 2. The van der Waals surface area contributed by atoms with Crippen LogP contribution in [0.3, 0.4) is 0 Å². The Balaban J connectivity index is 1.86. The van der Waals surface area contributed by atoms with Crippen molar-refractivity contribution in [3.05, 3.63) is 59.1 Å². The van der Waals surface area contributed by atoms with Crippen LogP contribution in [0.2, 0.25) is 5.02 Å². The number of hydrogen-bond donors (Lipinski definition) is 1. The predicted octanol–water partition coefficient (Wildman–Crippen LogP) is 4.87. The van der Waals surface area contributed by atoms with Gasteiger partial charge >= 0.3 is 0 Å². The van der Waals surface area contributed by atoms with E-state index in [1.165, 1.54) is 5.56 Å². The number of nitrogens with one attached hydrogen (secondary N) is 1. The lowest BCUT2D eigenvalue weighted by molar-refractivity contribution is -0.118. The molecule has 0 saturated carbocycles. The molecule has 0 aromatic heterocycles. The normalized spacial score (nSPS) is 11.8. The summed E-state index contributed by atoms with van der Waals surface area (Å²) in [4.78, 5) is 11.8. The molecule has 4 heteroatoms. The predicted molar refractivity (Wildman–Crippen MR) is 90.7 cm³/mol. The highest BCUT2D eigenvalue weighted by atomic mass is 35.5. The van der Waals surface area contributed by atoms with Crippen LogP contribution in [0.5, 0.6) is 5.75 Å². The largest absolute Gasteiger partial charge is 0.484 e. The smallest absolute Gasteiger partial charge is 0.262 e. The molecule has 2 aromatic rings. The van der Waals surface area contributed by atoms with E-state index in [0.29, 0.717) is 22.4 Å². The Bertz CT molecular complexity index is 625. The average molecular weight is 318 g/mol. The van der Waals surface area contributed by atoms with Crippen molar-refractivity contribution in [2.24, 2.45) is 0 Å². The molecule has 0 unspecified atom stereocenters. The van der Waals surface area contributed by atoms with Crippen LogP contribution in [0.25, 0.3) is 0 Å². The Morgan fingerprint density at radius 3 is 2.59 bits per heavy atom. The first-order valence-corrected chi connectivity index (χ1v) is 7.74. The van der Waals surface area contributed by atoms with Gasteiger partial charge in [-0.05, 0) is 48.2 Å². The van der Waals surface area contributed by atoms with Gasteiger partial charge in [-0.25, -0.2) is 0 Å². The van der Waals surface area contributed by atoms with Crippen molar-refractivity contribution in [3.8, 4) is 5.75 Å². The summed E-state index contributed by atoms with van der Waals surface area (Å²) in [5.41, 5.74) is 1.94. The quantitative estimate of drug-likeness (QED) is 0.825. The fourth-order valence-corrected chi connectivity index (χ4v) is 2.23. The van der Waals surface area contributed by atoms with Crippen molar-refractivity contribution < 1.29 is 9.53 Å². The summed E-state index contributed by atoms with van der Waals surface area (Å²) in [6.07, 6.45) is 1.10. The van der Waals surface area contributed by atoms with Crippen LogP contribution in [-0.2, 0) is 4.79 Å². The van der Waals surface area contributed by atoms with Gasteiger partial charge in [-0.2, -0.15) is 0 Å². The third kappa shape index (κ3) is 4.78. The molecule has 0 aliphatic carbocycles. The molecule has 22 heavy (non-hydrogen) atoms. The van der Waals surface area contributed by atoms with Gasteiger partial charge in [-0.1, -0.05) is 43.6 Å². The van der Waals surface area contributed by atoms with Crippen LogP contribution >= 0.6 is 11.6 Å². The second-order valence-electron chi connectivity index (χ2n) is 5.23. The van der Waals surface area contributed by atoms with Crippen LogP contribution in [0.15, 0.2) is 48.5 Å². The van der Waals surface area contributed by atoms with E-state index in [1.807, 2.05) is 24.3 Å². The third-order valence-corrected chi connectivity index (χ3v) is 3.77. The van der Waals surface area contributed by atoms with Gasteiger partial charge in [-0.15, -0.1) is 0 Å². The number of benzene rings is 2. The summed E-state index contributed by atoms with van der Waals surface area (Å²) in [6.45, 7) is 4.32. The molecule has 1 N–H and O–H groups in total. The number of ether oxygens (including phenoxy) is 1. The molecular weight excluding hydrogens is 298 g/mol. The van der Waals surface area contributed by atoms with Crippen molar-refractivity contribution in [1.29, 1.82) is 0 Å². The van der Waals surface area contributed by atoms with Crippen LogP contribution in [0, 0.1) is 0 Å². The standard InChI is InChI=1S/C18H20ClNO2/c1-3-13(2)14-7-9-17(10-8-14)22-12-18(21)20-16-6-4-5-15(19)11-16/h4-11,13H,3,12H2,1-2H3,(H,20,21)/t13-/m1/s1. The molecule has 2 rings (SSSR count). The minimum Gasteiger partial charge on any atom is -0.484 e. The summed E-state index contributed by atoms with van der Waals surface area (Å²) < 4.78 is 5.49. The SMILES string of the molecule is CC[C@@H](C)c1ccc(OCC(=O)Nc2cccc(Cl)c2)cc1. The van der Waals surface area contributed by atoms with Gasteiger partial charge in [0.2, 0.25) is 0 Å².